The largest absolute Gasteiger partial charge is 0.454 e. The third-order valence-corrected chi connectivity index (χ3v) is 8.38. The summed E-state index contributed by atoms with van der Waals surface area (Å²) in [7, 11) is 1.90. The predicted molar refractivity (Wildman–Crippen MR) is 153 cm³/mol. The molecule has 4 heteroatoms. The summed E-state index contributed by atoms with van der Waals surface area (Å²) in [6.45, 7) is 6.52. The highest BCUT2D eigenvalue weighted by atomic mass is 19.1. The van der Waals surface area contributed by atoms with Crippen LogP contribution in [0.4, 0.5) is 4.39 Å². The average molecular weight is 510 g/mol. The third kappa shape index (κ3) is 3.23. The van der Waals surface area contributed by atoms with Crippen molar-refractivity contribution < 1.29 is 13.4 Å². The van der Waals surface area contributed by atoms with Crippen LogP contribution in [0.3, 0.4) is 0 Å². The van der Waals surface area contributed by atoms with E-state index >= 15 is 0 Å². The SMILES string of the molecule is Cc1ccc2c(oc3c(-c4ccc5c(c4)-c4ccccc4C5(C)C)c(C#N)ccc32)c1-c1cc(F)cc[n+]1C. The summed E-state index contributed by atoms with van der Waals surface area (Å²) >= 11 is 0. The molecule has 0 radical (unpaired) electrons. The summed E-state index contributed by atoms with van der Waals surface area (Å²) in [6, 6.07) is 28.3. The van der Waals surface area contributed by atoms with Gasteiger partial charge in [0.05, 0.1) is 17.2 Å². The van der Waals surface area contributed by atoms with Crippen LogP contribution in [0, 0.1) is 24.1 Å². The molecular formula is C35H26FN2O+. The number of fused-ring (bicyclic) bond motifs is 6. The van der Waals surface area contributed by atoms with E-state index < -0.39 is 0 Å². The molecule has 0 unspecified atom stereocenters. The highest BCUT2D eigenvalue weighted by molar-refractivity contribution is 6.14. The van der Waals surface area contributed by atoms with Gasteiger partial charge in [0, 0.05) is 33.9 Å². The molecule has 2 heterocycles. The fourth-order valence-corrected chi connectivity index (χ4v) is 6.37. The van der Waals surface area contributed by atoms with Crippen LogP contribution in [0.1, 0.15) is 36.1 Å². The van der Waals surface area contributed by atoms with Crippen LogP contribution in [-0.4, -0.2) is 0 Å². The van der Waals surface area contributed by atoms with Crippen LogP contribution in [0.2, 0.25) is 0 Å². The van der Waals surface area contributed by atoms with E-state index in [-0.39, 0.29) is 11.2 Å². The van der Waals surface area contributed by atoms with E-state index in [0.29, 0.717) is 16.7 Å². The topological polar surface area (TPSA) is 40.8 Å². The number of pyridine rings is 1. The molecule has 0 fully saturated rings. The average Bonchev–Trinajstić information content (AvgIpc) is 3.42. The molecule has 0 spiro atoms. The van der Waals surface area contributed by atoms with Crippen molar-refractivity contribution in [2.75, 3.05) is 0 Å². The van der Waals surface area contributed by atoms with Crippen molar-refractivity contribution in [1.82, 2.24) is 0 Å². The van der Waals surface area contributed by atoms with E-state index in [4.69, 9.17) is 4.42 Å². The molecule has 0 N–H and O–H groups in total. The van der Waals surface area contributed by atoms with Gasteiger partial charge in [-0.15, -0.1) is 0 Å². The van der Waals surface area contributed by atoms with Crippen LogP contribution in [0.15, 0.2) is 89.5 Å². The van der Waals surface area contributed by atoms with Gasteiger partial charge in [-0.3, -0.25) is 0 Å². The standard InChI is InChI=1S/C35H26FN2O/c1-20-9-12-25-26-13-10-22(19-37)32(34(26)39-33(25)31(20)30-18-23(36)15-16-38(30)4)21-11-14-29-27(17-21)24-7-5-6-8-28(24)35(29,2)3/h5-18H,1-4H3/q+1. The number of halogens is 1. The van der Waals surface area contributed by atoms with Gasteiger partial charge in [0.2, 0.25) is 5.69 Å². The number of nitriles is 1. The minimum absolute atomic E-state index is 0.0964. The van der Waals surface area contributed by atoms with Gasteiger partial charge in [0.15, 0.2) is 6.20 Å². The van der Waals surface area contributed by atoms with Crippen molar-refractivity contribution in [3.8, 4) is 39.6 Å². The summed E-state index contributed by atoms with van der Waals surface area (Å²) in [6.07, 6.45) is 1.72. The monoisotopic (exact) mass is 509 g/mol. The Morgan fingerprint density at radius 1 is 0.821 bits per heavy atom. The fraction of sp³-hybridized carbons (Fsp3) is 0.143. The Labute approximate surface area is 226 Å². The maximum atomic E-state index is 14.3. The summed E-state index contributed by atoms with van der Waals surface area (Å²) in [5, 5.41) is 12.0. The molecule has 0 bridgehead atoms. The Balaban J connectivity index is 1.54. The van der Waals surface area contributed by atoms with Crippen molar-refractivity contribution >= 4 is 21.9 Å². The van der Waals surface area contributed by atoms with E-state index in [1.54, 1.807) is 6.20 Å². The molecule has 0 saturated heterocycles. The summed E-state index contributed by atoms with van der Waals surface area (Å²) in [5.41, 5.74) is 11.1. The Morgan fingerprint density at radius 3 is 2.33 bits per heavy atom. The number of nitrogens with zero attached hydrogens (tertiary/aromatic N) is 2. The fourth-order valence-electron chi connectivity index (χ4n) is 6.37. The van der Waals surface area contributed by atoms with Crippen LogP contribution in [-0.2, 0) is 12.5 Å². The van der Waals surface area contributed by atoms with Crippen molar-refractivity contribution in [3.05, 3.63) is 113 Å². The van der Waals surface area contributed by atoms with Gasteiger partial charge in [-0.25, -0.2) is 8.96 Å². The van der Waals surface area contributed by atoms with Crippen LogP contribution in [0.5, 0.6) is 0 Å². The second kappa shape index (κ2) is 8.12. The first kappa shape index (κ1) is 23.4. The molecule has 0 aliphatic heterocycles. The van der Waals surface area contributed by atoms with Gasteiger partial charge in [0.25, 0.3) is 0 Å². The number of benzene rings is 4. The summed E-state index contributed by atoms with van der Waals surface area (Å²) in [5.74, 6) is -0.301. The third-order valence-electron chi connectivity index (χ3n) is 8.38. The van der Waals surface area contributed by atoms with E-state index in [2.05, 4.69) is 68.4 Å². The molecule has 2 aromatic heterocycles. The minimum atomic E-state index is -0.301. The van der Waals surface area contributed by atoms with Crippen molar-refractivity contribution in [1.29, 1.82) is 5.26 Å². The quantitative estimate of drug-likeness (QED) is 0.220. The lowest BCUT2D eigenvalue weighted by molar-refractivity contribution is -0.660. The van der Waals surface area contributed by atoms with Crippen molar-refractivity contribution in [2.24, 2.45) is 7.05 Å². The van der Waals surface area contributed by atoms with Crippen LogP contribution in [0.25, 0.3) is 55.4 Å². The second-order valence-corrected chi connectivity index (χ2v) is 11.0. The lowest BCUT2D eigenvalue weighted by Gasteiger charge is -2.21. The molecule has 39 heavy (non-hydrogen) atoms. The molecule has 1 aliphatic rings. The number of hydrogen-bond acceptors (Lipinski definition) is 2. The molecule has 0 atom stereocenters. The first-order valence-corrected chi connectivity index (χ1v) is 13.1. The van der Waals surface area contributed by atoms with Crippen molar-refractivity contribution in [3.63, 3.8) is 0 Å². The highest BCUT2D eigenvalue weighted by Crippen LogP contribution is 2.50. The molecule has 1 aliphatic carbocycles. The molecule has 0 saturated carbocycles. The number of aryl methyl sites for hydroxylation is 2. The second-order valence-electron chi connectivity index (χ2n) is 11.0. The van der Waals surface area contributed by atoms with E-state index in [1.807, 2.05) is 36.7 Å². The smallest absolute Gasteiger partial charge is 0.219 e. The summed E-state index contributed by atoms with van der Waals surface area (Å²) in [4.78, 5) is 0. The Morgan fingerprint density at radius 2 is 1.54 bits per heavy atom. The lowest BCUT2D eigenvalue weighted by Crippen LogP contribution is -2.30. The Kier molecular flexibility index (Phi) is 4.87. The molecule has 4 aromatic carbocycles. The van der Waals surface area contributed by atoms with Gasteiger partial charge in [0.1, 0.15) is 24.0 Å². The zero-order valence-corrected chi connectivity index (χ0v) is 22.3. The van der Waals surface area contributed by atoms with Crippen LogP contribution < -0.4 is 4.57 Å². The van der Waals surface area contributed by atoms with Gasteiger partial charge in [-0.2, -0.15) is 5.26 Å². The molecule has 3 nitrogen and oxygen atoms in total. The molecular weight excluding hydrogens is 483 g/mol. The van der Waals surface area contributed by atoms with Gasteiger partial charge in [-0.1, -0.05) is 62.4 Å². The lowest BCUT2D eigenvalue weighted by atomic mass is 9.82. The normalized spacial score (nSPS) is 13.4. The molecule has 7 rings (SSSR count). The Bertz CT molecular complexity index is 2040. The number of hydrogen-bond donors (Lipinski definition) is 0. The van der Waals surface area contributed by atoms with Crippen LogP contribution >= 0.6 is 0 Å². The summed E-state index contributed by atoms with van der Waals surface area (Å²) < 4.78 is 22.9. The van der Waals surface area contributed by atoms with Gasteiger partial charge in [-0.05, 0) is 58.5 Å². The number of aromatic nitrogens is 1. The first-order valence-electron chi connectivity index (χ1n) is 13.1. The van der Waals surface area contributed by atoms with E-state index in [0.717, 1.165) is 38.7 Å². The molecule has 188 valence electrons. The zero-order valence-electron chi connectivity index (χ0n) is 22.3. The van der Waals surface area contributed by atoms with Gasteiger partial charge >= 0.3 is 0 Å². The maximum absolute atomic E-state index is 14.3. The van der Waals surface area contributed by atoms with Gasteiger partial charge < -0.3 is 4.42 Å². The van der Waals surface area contributed by atoms with E-state index in [1.165, 1.54) is 34.4 Å². The molecule has 0 amide bonds. The number of rotatable bonds is 2. The zero-order chi connectivity index (χ0) is 27.1. The molecule has 6 aromatic rings. The minimum Gasteiger partial charge on any atom is -0.454 e. The highest BCUT2D eigenvalue weighted by Gasteiger charge is 2.35. The first-order chi connectivity index (χ1) is 18.8. The van der Waals surface area contributed by atoms with Crippen molar-refractivity contribution in [2.45, 2.75) is 26.2 Å². The number of furan rings is 1. The maximum Gasteiger partial charge on any atom is 0.219 e. The Hall–Kier alpha value is -4.75. The predicted octanol–water partition coefficient (Wildman–Crippen LogP) is 8.37. The van der Waals surface area contributed by atoms with E-state index in [9.17, 15) is 9.65 Å².